The van der Waals surface area contributed by atoms with Crippen LogP contribution in [0.1, 0.15) is 24.6 Å². The first-order valence-electron chi connectivity index (χ1n) is 4.96. The highest BCUT2D eigenvalue weighted by atomic mass is 16.5. The van der Waals surface area contributed by atoms with Crippen LogP contribution in [-0.2, 0) is 16.0 Å². The van der Waals surface area contributed by atoms with Crippen molar-refractivity contribution in [3.05, 3.63) is 17.5 Å². The largest absolute Gasteiger partial charge is 0.480 e. The van der Waals surface area contributed by atoms with Gasteiger partial charge >= 0.3 is 5.97 Å². The lowest BCUT2D eigenvalue weighted by molar-refractivity contribution is -0.141. The number of carboxylic acids is 1. The van der Waals surface area contributed by atoms with E-state index in [4.69, 9.17) is 5.11 Å². The fourth-order valence-corrected chi connectivity index (χ4v) is 1.24. The van der Waals surface area contributed by atoms with Crippen LogP contribution in [0.5, 0.6) is 0 Å². The number of carbonyl (C=O) groups excluding carboxylic acids is 1. The molecule has 0 aliphatic rings. The molecule has 16 heavy (non-hydrogen) atoms. The van der Waals surface area contributed by atoms with Crippen LogP contribution in [0, 0.1) is 6.92 Å². The molecule has 1 unspecified atom stereocenters. The summed E-state index contributed by atoms with van der Waals surface area (Å²) >= 11 is 0. The molecule has 1 amide bonds. The summed E-state index contributed by atoms with van der Waals surface area (Å²) in [5, 5.41) is 14.8. The maximum absolute atomic E-state index is 11.5. The van der Waals surface area contributed by atoms with E-state index in [2.05, 4.69) is 15.0 Å². The predicted octanol–water partition coefficient (Wildman–Crippen LogP) is 0.505. The Hall–Kier alpha value is -1.85. The molecule has 6 nitrogen and oxygen atoms in total. The Morgan fingerprint density at radius 2 is 2.31 bits per heavy atom. The first kappa shape index (κ1) is 12.2. The van der Waals surface area contributed by atoms with Gasteiger partial charge in [0.15, 0.2) is 0 Å². The molecule has 0 aliphatic heterocycles. The number of aromatic nitrogens is 1. The maximum Gasteiger partial charge on any atom is 0.326 e. The summed E-state index contributed by atoms with van der Waals surface area (Å²) in [6.45, 7) is 3.42. The molecule has 1 aromatic heterocycles. The molecule has 0 fully saturated rings. The monoisotopic (exact) mass is 226 g/mol. The molecule has 6 heteroatoms. The van der Waals surface area contributed by atoms with Gasteiger partial charge < -0.3 is 14.9 Å². The van der Waals surface area contributed by atoms with E-state index in [9.17, 15) is 9.59 Å². The van der Waals surface area contributed by atoms with E-state index in [0.29, 0.717) is 17.7 Å². The number of rotatable bonds is 5. The van der Waals surface area contributed by atoms with Crippen molar-refractivity contribution in [1.82, 2.24) is 10.5 Å². The summed E-state index contributed by atoms with van der Waals surface area (Å²) in [6.07, 6.45) is 1.82. The SMILES string of the molecule is CCC(NC(=O)Cc1conc1C)C(=O)O. The van der Waals surface area contributed by atoms with Gasteiger partial charge in [0, 0.05) is 5.56 Å². The maximum atomic E-state index is 11.5. The van der Waals surface area contributed by atoms with Gasteiger partial charge in [0.05, 0.1) is 12.1 Å². The summed E-state index contributed by atoms with van der Waals surface area (Å²) in [7, 11) is 0. The highest BCUT2D eigenvalue weighted by Crippen LogP contribution is 2.05. The number of nitrogens with one attached hydrogen (secondary N) is 1. The molecule has 0 bridgehead atoms. The van der Waals surface area contributed by atoms with E-state index in [1.165, 1.54) is 6.26 Å². The van der Waals surface area contributed by atoms with E-state index < -0.39 is 12.0 Å². The third-order valence-electron chi connectivity index (χ3n) is 2.24. The van der Waals surface area contributed by atoms with Crippen LogP contribution in [0.3, 0.4) is 0 Å². The van der Waals surface area contributed by atoms with Crippen LogP contribution < -0.4 is 5.32 Å². The fourth-order valence-electron chi connectivity index (χ4n) is 1.24. The zero-order chi connectivity index (χ0) is 12.1. The van der Waals surface area contributed by atoms with Crippen LogP contribution in [0.15, 0.2) is 10.8 Å². The number of nitrogens with zero attached hydrogens (tertiary/aromatic N) is 1. The summed E-state index contributed by atoms with van der Waals surface area (Å²) in [4.78, 5) is 22.2. The van der Waals surface area contributed by atoms with Gasteiger partial charge in [-0.25, -0.2) is 4.79 Å². The van der Waals surface area contributed by atoms with Gasteiger partial charge in [-0.3, -0.25) is 4.79 Å². The van der Waals surface area contributed by atoms with Gasteiger partial charge in [0.2, 0.25) is 5.91 Å². The molecule has 2 N–H and O–H groups in total. The molecule has 1 heterocycles. The lowest BCUT2D eigenvalue weighted by atomic mass is 10.1. The van der Waals surface area contributed by atoms with E-state index in [1.54, 1.807) is 13.8 Å². The topological polar surface area (TPSA) is 92.4 Å². The van der Waals surface area contributed by atoms with Gasteiger partial charge in [0.25, 0.3) is 0 Å². The Labute approximate surface area is 92.6 Å². The van der Waals surface area contributed by atoms with Crippen molar-refractivity contribution < 1.29 is 19.2 Å². The van der Waals surface area contributed by atoms with Crippen LogP contribution in [0.25, 0.3) is 0 Å². The number of carboxylic acid groups (broad SMARTS) is 1. The number of hydrogen-bond donors (Lipinski definition) is 2. The molecule has 1 atom stereocenters. The normalized spacial score (nSPS) is 12.1. The average molecular weight is 226 g/mol. The second kappa shape index (κ2) is 5.29. The lowest BCUT2D eigenvalue weighted by Crippen LogP contribution is -2.41. The van der Waals surface area contributed by atoms with Crippen molar-refractivity contribution in [2.45, 2.75) is 32.7 Å². The molecule has 0 saturated carbocycles. The van der Waals surface area contributed by atoms with E-state index in [0.717, 1.165) is 0 Å². The van der Waals surface area contributed by atoms with Crippen molar-refractivity contribution in [3.8, 4) is 0 Å². The molecular formula is C10H14N2O4. The summed E-state index contributed by atoms with van der Waals surface area (Å²) in [5.74, 6) is -1.38. The lowest BCUT2D eigenvalue weighted by Gasteiger charge is -2.11. The summed E-state index contributed by atoms with van der Waals surface area (Å²) in [5.41, 5.74) is 1.30. The number of hydrogen-bond acceptors (Lipinski definition) is 4. The number of aryl methyl sites for hydroxylation is 1. The molecule has 0 aromatic carbocycles. The van der Waals surface area contributed by atoms with Crippen molar-refractivity contribution >= 4 is 11.9 Å². The van der Waals surface area contributed by atoms with Gasteiger partial charge in [0.1, 0.15) is 12.3 Å². The van der Waals surface area contributed by atoms with Gasteiger partial charge in [-0.1, -0.05) is 12.1 Å². The minimum absolute atomic E-state index is 0.0825. The van der Waals surface area contributed by atoms with Gasteiger partial charge in [-0.05, 0) is 13.3 Å². The van der Waals surface area contributed by atoms with E-state index >= 15 is 0 Å². The first-order chi connectivity index (χ1) is 7.54. The van der Waals surface area contributed by atoms with E-state index in [-0.39, 0.29) is 12.3 Å². The molecule has 1 rings (SSSR count). The average Bonchev–Trinajstić information content (AvgIpc) is 2.60. The molecule has 0 saturated heterocycles. The molecule has 0 radical (unpaired) electrons. The van der Waals surface area contributed by atoms with Crippen LogP contribution in [0.4, 0.5) is 0 Å². The number of amides is 1. The third kappa shape index (κ3) is 3.08. The van der Waals surface area contributed by atoms with Gasteiger partial charge in [-0.15, -0.1) is 0 Å². The molecule has 88 valence electrons. The summed E-state index contributed by atoms with van der Waals surface area (Å²) in [6, 6.07) is -0.840. The molecule has 1 aromatic rings. The van der Waals surface area contributed by atoms with Crippen LogP contribution in [0.2, 0.25) is 0 Å². The number of carbonyl (C=O) groups is 2. The zero-order valence-electron chi connectivity index (χ0n) is 9.19. The second-order valence-electron chi connectivity index (χ2n) is 3.47. The smallest absolute Gasteiger partial charge is 0.326 e. The minimum Gasteiger partial charge on any atom is -0.480 e. The van der Waals surface area contributed by atoms with Crippen molar-refractivity contribution in [2.75, 3.05) is 0 Å². The summed E-state index contributed by atoms with van der Waals surface area (Å²) < 4.78 is 4.68. The Bertz CT molecular complexity index is 386. The standard InChI is InChI=1S/C10H14N2O4/c1-3-8(10(14)15)11-9(13)4-7-5-16-12-6(7)2/h5,8H,3-4H2,1-2H3,(H,11,13)(H,14,15). The van der Waals surface area contributed by atoms with Crippen LogP contribution >= 0.6 is 0 Å². The molecule has 0 aliphatic carbocycles. The first-order valence-corrected chi connectivity index (χ1v) is 4.96. The zero-order valence-corrected chi connectivity index (χ0v) is 9.19. The molecule has 0 spiro atoms. The second-order valence-corrected chi connectivity index (χ2v) is 3.47. The highest BCUT2D eigenvalue weighted by Gasteiger charge is 2.18. The van der Waals surface area contributed by atoms with Crippen molar-refractivity contribution in [3.63, 3.8) is 0 Å². The van der Waals surface area contributed by atoms with E-state index in [1.807, 2.05) is 0 Å². The Kier molecular flexibility index (Phi) is 4.04. The van der Waals surface area contributed by atoms with Crippen LogP contribution in [-0.4, -0.2) is 28.2 Å². The van der Waals surface area contributed by atoms with Gasteiger partial charge in [-0.2, -0.15) is 0 Å². The minimum atomic E-state index is -1.03. The Morgan fingerprint density at radius 1 is 1.62 bits per heavy atom. The molecular weight excluding hydrogens is 212 g/mol. The highest BCUT2D eigenvalue weighted by molar-refractivity contribution is 5.84. The van der Waals surface area contributed by atoms with Crippen molar-refractivity contribution in [2.24, 2.45) is 0 Å². The number of aliphatic carboxylic acids is 1. The Balaban J connectivity index is 2.54. The van der Waals surface area contributed by atoms with Crippen molar-refractivity contribution in [1.29, 1.82) is 0 Å². The third-order valence-corrected chi connectivity index (χ3v) is 2.24. The predicted molar refractivity (Wildman–Crippen MR) is 54.8 cm³/mol. The fraction of sp³-hybridized carbons (Fsp3) is 0.500. The Morgan fingerprint density at radius 3 is 2.75 bits per heavy atom. The quantitative estimate of drug-likeness (QED) is 0.762.